The van der Waals surface area contributed by atoms with Crippen LogP contribution < -0.4 is 9.47 Å². The Bertz CT molecular complexity index is 916. The molecule has 0 aliphatic heterocycles. The first kappa shape index (κ1) is 27.1. The molecular weight excluding hydrogens is 469 g/mol. The molecule has 1 unspecified atom stereocenters. The summed E-state index contributed by atoms with van der Waals surface area (Å²) in [6.07, 6.45) is -0.205. The summed E-state index contributed by atoms with van der Waals surface area (Å²) >= 11 is 12.2. The summed E-state index contributed by atoms with van der Waals surface area (Å²) in [6, 6.07) is 11.6. The van der Waals surface area contributed by atoms with Crippen molar-refractivity contribution in [3.05, 3.63) is 58.1 Å². The van der Waals surface area contributed by atoms with Crippen molar-refractivity contribution in [1.29, 1.82) is 0 Å². The Morgan fingerprint density at radius 3 is 2.18 bits per heavy atom. The monoisotopic (exact) mass is 499 g/mol. The van der Waals surface area contributed by atoms with Gasteiger partial charge in [-0.05, 0) is 69.2 Å². The van der Waals surface area contributed by atoms with E-state index in [1.807, 2.05) is 20.8 Å². The summed E-state index contributed by atoms with van der Waals surface area (Å²) in [7, 11) is 1.56. The number of rotatable bonds is 10. The lowest BCUT2D eigenvalue weighted by Gasteiger charge is -2.36. The van der Waals surface area contributed by atoms with E-state index in [2.05, 4.69) is 0 Å². The maximum absolute atomic E-state index is 12.8. The molecule has 0 fully saturated rings. The largest absolute Gasteiger partial charge is 0.497 e. The highest BCUT2D eigenvalue weighted by atomic mass is 35.5. The van der Waals surface area contributed by atoms with Crippen LogP contribution in [0.2, 0.25) is 10.0 Å². The van der Waals surface area contributed by atoms with Crippen LogP contribution in [0.25, 0.3) is 0 Å². The highest BCUT2D eigenvalue weighted by Crippen LogP contribution is 2.31. The van der Waals surface area contributed by atoms with Crippen molar-refractivity contribution in [2.45, 2.75) is 38.3 Å². The van der Waals surface area contributed by atoms with Crippen LogP contribution >= 0.6 is 23.2 Å². The van der Waals surface area contributed by atoms with Gasteiger partial charge in [-0.25, -0.2) is 4.79 Å². The van der Waals surface area contributed by atoms with Crippen LogP contribution in [-0.2, 0) is 10.3 Å². The minimum absolute atomic E-state index is 0.0528. The molecule has 1 atom stereocenters. The molecule has 0 saturated heterocycles. The van der Waals surface area contributed by atoms with E-state index in [1.54, 1.807) is 43.5 Å². The number of amides is 1. The third-order valence-electron chi connectivity index (χ3n) is 5.00. The van der Waals surface area contributed by atoms with Crippen LogP contribution in [0.15, 0.2) is 42.5 Å². The number of benzene rings is 2. The summed E-state index contributed by atoms with van der Waals surface area (Å²) in [5.74, 6) is 1.17. The van der Waals surface area contributed by atoms with Gasteiger partial charge in [-0.2, -0.15) is 0 Å². The summed E-state index contributed by atoms with van der Waals surface area (Å²) in [5, 5.41) is 21.2. The maximum atomic E-state index is 12.8. The predicted molar refractivity (Wildman–Crippen MR) is 128 cm³/mol. The molecule has 0 radical (unpaired) electrons. The van der Waals surface area contributed by atoms with Gasteiger partial charge in [-0.15, -0.1) is 0 Å². The number of ether oxygens (including phenoxy) is 3. The molecule has 2 aromatic rings. The Morgan fingerprint density at radius 1 is 1.00 bits per heavy atom. The zero-order valence-corrected chi connectivity index (χ0v) is 20.8. The number of carbonyl (C=O) groups excluding carboxylic acids is 1. The first-order valence-corrected chi connectivity index (χ1v) is 11.3. The van der Waals surface area contributed by atoms with Crippen LogP contribution in [0.3, 0.4) is 0 Å². The van der Waals surface area contributed by atoms with Crippen LogP contribution in [0.5, 0.6) is 11.5 Å². The lowest BCUT2D eigenvalue weighted by molar-refractivity contribution is -0.0653. The zero-order valence-electron chi connectivity index (χ0n) is 19.3. The summed E-state index contributed by atoms with van der Waals surface area (Å²) in [5.41, 5.74) is -1.85. The quantitative estimate of drug-likeness (QED) is 0.483. The molecule has 0 heterocycles. The predicted octanol–water partition coefficient (Wildman–Crippen LogP) is 4.89. The molecule has 2 rings (SSSR count). The fourth-order valence-electron chi connectivity index (χ4n) is 3.06. The van der Waals surface area contributed by atoms with Crippen molar-refractivity contribution >= 4 is 29.3 Å². The number of aliphatic hydroxyl groups is 2. The second-order valence-electron chi connectivity index (χ2n) is 8.58. The average Bonchev–Trinajstić information content (AvgIpc) is 2.77. The van der Waals surface area contributed by atoms with E-state index in [0.717, 1.165) is 0 Å². The number of halogens is 2. The number of hydrogen-bond acceptors (Lipinski definition) is 6. The molecule has 0 aliphatic carbocycles. The number of nitrogens with zero attached hydrogens (tertiary/aromatic N) is 1. The van der Waals surface area contributed by atoms with Crippen molar-refractivity contribution in [1.82, 2.24) is 4.90 Å². The first-order valence-electron chi connectivity index (χ1n) is 10.5. The van der Waals surface area contributed by atoms with Crippen molar-refractivity contribution in [3.63, 3.8) is 0 Å². The van der Waals surface area contributed by atoms with Crippen molar-refractivity contribution in [2.24, 2.45) is 0 Å². The van der Waals surface area contributed by atoms with Gasteiger partial charge < -0.3 is 29.3 Å². The van der Waals surface area contributed by atoms with Gasteiger partial charge in [-0.1, -0.05) is 29.3 Å². The minimum atomic E-state index is -1.70. The molecule has 33 heavy (non-hydrogen) atoms. The summed E-state index contributed by atoms with van der Waals surface area (Å²) in [4.78, 5) is 14.4. The Balaban J connectivity index is 2.23. The second-order valence-corrected chi connectivity index (χ2v) is 9.39. The molecule has 0 spiro atoms. The van der Waals surface area contributed by atoms with Crippen molar-refractivity contribution < 1.29 is 29.2 Å². The SMILES string of the molecule is COc1ccc(OCC(O)(COC(=O)N(CCCO)C(C)(C)C)c2ccc(Cl)c(Cl)c2)cc1. The van der Waals surface area contributed by atoms with Crippen LogP contribution in [-0.4, -0.2) is 60.2 Å². The van der Waals surface area contributed by atoms with Crippen LogP contribution in [0.4, 0.5) is 4.79 Å². The molecule has 0 saturated carbocycles. The van der Waals surface area contributed by atoms with Gasteiger partial charge in [0.2, 0.25) is 0 Å². The van der Waals surface area contributed by atoms with Gasteiger partial charge >= 0.3 is 6.09 Å². The molecule has 9 heteroatoms. The average molecular weight is 500 g/mol. The van der Waals surface area contributed by atoms with E-state index < -0.39 is 17.2 Å². The number of hydrogen-bond donors (Lipinski definition) is 2. The third-order valence-corrected chi connectivity index (χ3v) is 5.74. The fraction of sp³-hybridized carbons (Fsp3) is 0.458. The Labute approximate surface area is 204 Å². The van der Waals surface area contributed by atoms with Gasteiger partial charge in [0.1, 0.15) is 24.7 Å². The molecule has 7 nitrogen and oxygen atoms in total. The molecular formula is C24H31Cl2NO6. The second kappa shape index (κ2) is 11.8. The summed E-state index contributed by atoms with van der Waals surface area (Å²) < 4.78 is 16.5. The Morgan fingerprint density at radius 2 is 1.64 bits per heavy atom. The highest BCUT2D eigenvalue weighted by Gasteiger charge is 2.35. The van der Waals surface area contributed by atoms with Crippen LogP contribution in [0.1, 0.15) is 32.8 Å². The summed E-state index contributed by atoms with van der Waals surface area (Å²) in [6.45, 7) is 5.26. The Hall–Kier alpha value is -2.19. The van der Waals surface area contributed by atoms with E-state index in [-0.39, 0.29) is 24.8 Å². The lowest BCUT2D eigenvalue weighted by Crippen LogP contribution is -2.48. The van der Waals surface area contributed by atoms with Gasteiger partial charge in [0.05, 0.1) is 17.2 Å². The van der Waals surface area contributed by atoms with Gasteiger partial charge in [0.25, 0.3) is 0 Å². The topological polar surface area (TPSA) is 88.5 Å². The Kier molecular flexibility index (Phi) is 9.67. The van der Waals surface area contributed by atoms with E-state index in [9.17, 15) is 9.90 Å². The standard InChI is InChI=1S/C24H31Cl2NO6/c1-23(2,3)27(12-5-13-28)22(29)33-16-24(30,17-6-11-20(25)21(26)14-17)15-32-19-9-7-18(31-4)8-10-19/h6-11,14,28,30H,5,12-13,15-16H2,1-4H3. The van der Waals surface area contributed by atoms with Crippen molar-refractivity contribution in [3.8, 4) is 11.5 Å². The maximum Gasteiger partial charge on any atom is 0.410 e. The molecule has 0 bridgehead atoms. The third kappa shape index (κ3) is 7.67. The number of carbonyl (C=O) groups is 1. The molecule has 0 aliphatic rings. The van der Waals surface area contributed by atoms with E-state index in [1.165, 1.54) is 11.0 Å². The minimum Gasteiger partial charge on any atom is -0.497 e. The molecule has 2 aromatic carbocycles. The molecule has 1 amide bonds. The molecule has 0 aromatic heterocycles. The molecule has 182 valence electrons. The van der Waals surface area contributed by atoms with E-state index in [0.29, 0.717) is 35.1 Å². The zero-order chi connectivity index (χ0) is 24.6. The fourth-order valence-corrected chi connectivity index (χ4v) is 3.36. The van der Waals surface area contributed by atoms with Gasteiger partial charge in [0, 0.05) is 18.7 Å². The molecule has 2 N–H and O–H groups in total. The van der Waals surface area contributed by atoms with Crippen molar-refractivity contribution in [2.75, 3.05) is 33.5 Å². The lowest BCUT2D eigenvalue weighted by atomic mass is 9.95. The highest BCUT2D eigenvalue weighted by molar-refractivity contribution is 6.42. The van der Waals surface area contributed by atoms with E-state index >= 15 is 0 Å². The normalized spacial score (nSPS) is 13.2. The van der Waals surface area contributed by atoms with Crippen LogP contribution in [0, 0.1) is 0 Å². The smallest absolute Gasteiger partial charge is 0.410 e. The van der Waals surface area contributed by atoms with Gasteiger partial charge in [-0.3, -0.25) is 0 Å². The first-order chi connectivity index (χ1) is 15.5. The number of methoxy groups -OCH3 is 1. The number of aliphatic hydroxyl groups excluding tert-OH is 1. The van der Waals surface area contributed by atoms with Gasteiger partial charge in [0.15, 0.2) is 5.60 Å². The van der Waals surface area contributed by atoms with E-state index in [4.69, 9.17) is 42.5 Å².